The Labute approximate surface area is 161 Å². The fourth-order valence-corrected chi connectivity index (χ4v) is 3.70. The van der Waals surface area contributed by atoms with Gasteiger partial charge in [0.05, 0.1) is 18.5 Å². The van der Waals surface area contributed by atoms with Gasteiger partial charge in [-0.1, -0.05) is 18.2 Å². The number of hydrogen-bond donors (Lipinski definition) is 1. The minimum atomic E-state index is 0.839. The van der Waals surface area contributed by atoms with Crippen LogP contribution in [0.3, 0.4) is 0 Å². The number of ether oxygens (including phenoxy) is 1. The molecule has 0 saturated heterocycles. The summed E-state index contributed by atoms with van der Waals surface area (Å²) >= 11 is 0. The van der Waals surface area contributed by atoms with Gasteiger partial charge in [-0.2, -0.15) is 5.10 Å². The van der Waals surface area contributed by atoms with Crippen molar-refractivity contribution in [3.05, 3.63) is 70.4 Å². The molecule has 4 heteroatoms. The first kappa shape index (κ1) is 17.7. The topological polar surface area (TPSA) is 39.1 Å². The number of nitrogens with one attached hydrogen (secondary N) is 1. The van der Waals surface area contributed by atoms with Gasteiger partial charge in [0.1, 0.15) is 11.6 Å². The summed E-state index contributed by atoms with van der Waals surface area (Å²) in [5.74, 6) is 2.05. The Balaban J connectivity index is 1.75. The summed E-state index contributed by atoms with van der Waals surface area (Å²) in [4.78, 5) is 0. The van der Waals surface area contributed by atoms with Crippen molar-refractivity contribution in [3.8, 4) is 11.4 Å². The molecule has 3 aromatic rings. The Kier molecular flexibility index (Phi) is 4.88. The minimum absolute atomic E-state index is 0.839. The zero-order chi connectivity index (χ0) is 18.8. The molecular weight excluding hydrogens is 334 g/mol. The molecule has 2 aromatic carbocycles. The number of hydrogen-bond acceptors (Lipinski definition) is 3. The van der Waals surface area contributed by atoms with E-state index in [1.807, 2.05) is 12.1 Å². The molecule has 0 unspecified atom stereocenters. The summed E-state index contributed by atoms with van der Waals surface area (Å²) < 4.78 is 7.38. The molecule has 0 spiro atoms. The van der Waals surface area contributed by atoms with Crippen molar-refractivity contribution in [2.45, 2.75) is 39.5 Å². The fourth-order valence-electron chi connectivity index (χ4n) is 3.70. The number of benzene rings is 2. The maximum atomic E-state index is 5.28. The van der Waals surface area contributed by atoms with Gasteiger partial charge in [0.15, 0.2) is 0 Å². The van der Waals surface area contributed by atoms with E-state index in [-0.39, 0.29) is 0 Å². The SMILES string of the molecule is COc1ccc(Cc2nn(-c3ccc(C)c(C)c3)c3c2CCCCN3)cc1. The number of rotatable bonds is 4. The molecule has 2 heterocycles. The number of fused-ring (bicyclic) bond motifs is 1. The van der Waals surface area contributed by atoms with E-state index in [2.05, 4.69) is 54.2 Å². The molecule has 0 radical (unpaired) electrons. The lowest BCUT2D eigenvalue weighted by molar-refractivity contribution is 0.414. The van der Waals surface area contributed by atoms with E-state index >= 15 is 0 Å². The Morgan fingerprint density at radius 3 is 2.59 bits per heavy atom. The molecule has 4 rings (SSSR count). The minimum Gasteiger partial charge on any atom is -0.497 e. The van der Waals surface area contributed by atoms with Gasteiger partial charge in [-0.15, -0.1) is 0 Å². The first-order valence-electron chi connectivity index (χ1n) is 9.71. The normalized spacial score (nSPS) is 13.6. The number of aryl methyl sites for hydroxylation is 2. The number of anilines is 1. The highest BCUT2D eigenvalue weighted by Gasteiger charge is 2.21. The Morgan fingerprint density at radius 1 is 1.04 bits per heavy atom. The van der Waals surface area contributed by atoms with Crippen LogP contribution in [0.5, 0.6) is 5.75 Å². The summed E-state index contributed by atoms with van der Waals surface area (Å²) in [6, 6.07) is 14.9. The third-order valence-electron chi connectivity index (χ3n) is 5.48. The first-order valence-corrected chi connectivity index (χ1v) is 9.71. The van der Waals surface area contributed by atoms with Crippen molar-refractivity contribution in [1.29, 1.82) is 0 Å². The summed E-state index contributed by atoms with van der Waals surface area (Å²) in [7, 11) is 1.70. The first-order chi connectivity index (χ1) is 13.2. The molecule has 0 aliphatic carbocycles. The van der Waals surface area contributed by atoms with Gasteiger partial charge in [0, 0.05) is 18.5 Å². The van der Waals surface area contributed by atoms with E-state index in [1.165, 1.54) is 46.6 Å². The van der Waals surface area contributed by atoms with Crippen LogP contribution in [-0.2, 0) is 12.8 Å². The van der Waals surface area contributed by atoms with Crippen molar-refractivity contribution >= 4 is 5.82 Å². The number of methoxy groups -OCH3 is 1. The summed E-state index contributed by atoms with van der Waals surface area (Å²) in [5.41, 5.74) is 7.52. The van der Waals surface area contributed by atoms with Gasteiger partial charge in [-0.3, -0.25) is 0 Å². The molecule has 4 nitrogen and oxygen atoms in total. The Morgan fingerprint density at radius 2 is 1.85 bits per heavy atom. The highest BCUT2D eigenvalue weighted by Crippen LogP contribution is 2.30. The summed E-state index contributed by atoms with van der Waals surface area (Å²) in [5, 5.41) is 8.67. The van der Waals surface area contributed by atoms with Crippen molar-refractivity contribution in [3.63, 3.8) is 0 Å². The maximum absolute atomic E-state index is 5.28. The second-order valence-corrected chi connectivity index (χ2v) is 7.36. The zero-order valence-corrected chi connectivity index (χ0v) is 16.4. The molecule has 0 amide bonds. The number of nitrogens with zero attached hydrogens (tertiary/aromatic N) is 2. The molecule has 0 fully saturated rings. The van der Waals surface area contributed by atoms with Crippen LogP contribution in [0.25, 0.3) is 5.69 Å². The summed E-state index contributed by atoms with van der Waals surface area (Å²) in [6.07, 6.45) is 4.32. The van der Waals surface area contributed by atoms with Gasteiger partial charge >= 0.3 is 0 Å². The maximum Gasteiger partial charge on any atom is 0.133 e. The predicted molar refractivity (Wildman–Crippen MR) is 110 cm³/mol. The average Bonchev–Trinajstić information content (AvgIpc) is 2.86. The molecule has 1 aliphatic heterocycles. The molecule has 1 aliphatic rings. The molecule has 0 atom stereocenters. The van der Waals surface area contributed by atoms with Crippen LogP contribution in [0, 0.1) is 13.8 Å². The van der Waals surface area contributed by atoms with E-state index in [1.54, 1.807) is 7.11 Å². The molecular formula is C23H27N3O. The average molecular weight is 361 g/mol. The van der Waals surface area contributed by atoms with Crippen LogP contribution >= 0.6 is 0 Å². The van der Waals surface area contributed by atoms with Crippen molar-refractivity contribution in [2.75, 3.05) is 19.0 Å². The van der Waals surface area contributed by atoms with Gasteiger partial charge in [-0.05, 0) is 74.1 Å². The van der Waals surface area contributed by atoms with Crippen molar-refractivity contribution < 1.29 is 4.74 Å². The summed E-state index contributed by atoms with van der Waals surface area (Å²) in [6.45, 7) is 5.31. The highest BCUT2D eigenvalue weighted by atomic mass is 16.5. The lowest BCUT2D eigenvalue weighted by Crippen LogP contribution is -2.07. The second-order valence-electron chi connectivity index (χ2n) is 7.36. The molecule has 140 valence electrons. The standard InChI is InChI=1S/C23H27N3O/c1-16-7-10-19(14-17(16)2)26-23-21(6-4-5-13-24-23)22(25-26)15-18-8-11-20(27-3)12-9-18/h7-12,14,24H,4-6,13,15H2,1-3H3. The van der Waals surface area contributed by atoms with E-state index in [0.717, 1.165) is 30.8 Å². The van der Waals surface area contributed by atoms with Crippen LogP contribution in [0.4, 0.5) is 5.82 Å². The van der Waals surface area contributed by atoms with Crippen molar-refractivity contribution in [2.24, 2.45) is 0 Å². The van der Waals surface area contributed by atoms with Gasteiger partial charge in [0.25, 0.3) is 0 Å². The highest BCUT2D eigenvalue weighted by molar-refractivity contribution is 5.56. The third kappa shape index (κ3) is 3.57. The predicted octanol–water partition coefficient (Wildman–Crippen LogP) is 4.84. The van der Waals surface area contributed by atoms with Gasteiger partial charge in [0.2, 0.25) is 0 Å². The molecule has 0 bridgehead atoms. The monoisotopic (exact) mass is 361 g/mol. The Hall–Kier alpha value is -2.75. The third-order valence-corrected chi connectivity index (χ3v) is 5.48. The van der Waals surface area contributed by atoms with Crippen LogP contribution in [0.15, 0.2) is 42.5 Å². The van der Waals surface area contributed by atoms with Crippen LogP contribution < -0.4 is 10.1 Å². The van der Waals surface area contributed by atoms with Gasteiger partial charge < -0.3 is 10.1 Å². The molecule has 1 N–H and O–H groups in total. The molecule has 1 aromatic heterocycles. The lowest BCUT2D eigenvalue weighted by atomic mass is 10.0. The van der Waals surface area contributed by atoms with Crippen LogP contribution in [-0.4, -0.2) is 23.4 Å². The van der Waals surface area contributed by atoms with E-state index < -0.39 is 0 Å². The van der Waals surface area contributed by atoms with E-state index in [0.29, 0.717) is 0 Å². The van der Waals surface area contributed by atoms with Crippen molar-refractivity contribution in [1.82, 2.24) is 9.78 Å². The quantitative estimate of drug-likeness (QED) is 0.723. The van der Waals surface area contributed by atoms with Gasteiger partial charge in [-0.25, -0.2) is 4.68 Å². The largest absolute Gasteiger partial charge is 0.497 e. The van der Waals surface area contributed by atoms with E-state index in [9.17, 15) is 0 Å². The number of aromatic nitrogens is 2. The Bertz CT molecular complexity index is 941. The van der Waals surface area contributed by atoms with Crippen LogP contribution in [0.1, 0.15) is 40.8 Å². The smallest absolute Gasteiger partial charge is 0.133 e. The molecule has 0 saturated carbocycles. The van der Waals surface area contributed by atoms with E-state index in [4.69, 9.17) is 9.84 Å². The van der Waals surface area contributed by atoms with Crippen LogP contribution in [0.2, 0.25) is 0 Å². The fraction of sp³-hybridized carbons (Fsp3) is 0.348. The molecule has 27 heavy (non-hydrogen) atoms. The second kappa shape index (κ2) is 7.47. The zero-order valence-electron chi connectivity index (χ0n) is 16.4. The lowest BCUT2D eigenvalue weighted by Gasteiger charge is -2.11.